The molecule has 22 heavy (non-hydrogen) atoms. The number of hydrogen-bond donors (Lipinski definition) is 2. The Labute approximate surface area is 130 Å². The zero-order chi connectivity index (χ0) is 15.7. The molecular weight excluding hydrogens is 281 g/mol. The summed E-state index contributed by atoms with van der Waals surface area (Å²) in [7, 11) is 2.01. The quantitative estimate of drug-likeness (QED) is 0.887. The van der Waals surface area contributed by atoms with Gasteiger partial charge >= 0.3 is 0 Å². The van der Waals surface area contributed by atoms with Crippen LogP contribution < -0.4 is 0 Å². The number of nitrogens with zero attached hydrogens (tertiary/aromatic N) is 2. The lowest BCUT2D eigenvalue weighted by Gasteiger charge is -2.30. The fraction of sp³-hybridized carbons (Fsp3) is 0.529. The van der Waals surface area contributed by atoms with E-state index in [0.29, 0.717) is 13.1 Å². The minimum absolute atomic E-state index is 0.198. The normalized spacial score (nSPS) is 17.1. The number of rotatable bonds is 5. The summed E-state index contributed by atoms with van der Waals surface area (Å²) in [5, 5.41) is 11.2. The molecular formula is C17H24FN3O. The minimum atomic E-state index is -0.353. The molecule has 0 saturated heterocycles. The van der Waals surface area contributed by atoms with E-state index in [0.717, 1.165) is 37.0 Å². The molecule has 1 aromatic heterocycles. The van der Waals surface area contributed by atoms with Gasteiger partial charge in [0.2, 0.25) is 0 Å². The number of aliphatic hydroxyl groups excluding tert-OH is 1. The summed E-state index contributed by atoms with van der Waals surface area (Å²) in [4.78, 5) is 7.77. The summed E-state index contributed by atoms with van der Waals surface area (Å²) in [6.45, 7) is 6.05. The summed E-state index contributed by atoms with van der Waals surface area (Å²) in [6, 6.07) is 4.90. The van der Waals surface area contributed by atoms with Crippen molar-refractivity contribution in [3.63, 3.8) is 0 Å². The van der Waals surface area contributed by atoms with Crippen molar-refractivity contribution in [2.75, 3.05) is 33.2 Å². The van der Waals surface area contributed by atoms with Crippen molar-refractivity contribution in [2.24, 2.45) is 0 Å². The van der Waals surface area contributed by atoms with E-state index in [2.05, 4.69) is 21.7 Å². The number of hydrogen-bond acceptors (Lipinski definition) is 3. The molecule has 2 heterocycles. The van der Waals surface area contributed by atoms with Gasteiger partial charge in [-0.05, 0) is 37.4 Å². The molecule has 5 heteroatoms. The second-order valence-electron chi connectivity index (χ2n) is 6.27. The lowest BCUT2D eigenvalue weighted by Crippen LogP contribution is -2.41. The number of nitrogens with one attached hydrogen (secondary N) is 1. The van der Waals surface area contributed by atoms with Gasteiger partial charge in [-0.25, -0.2) is 4.39 Å². The van der Waals surface area contributed by atoms with Gasteiger partial charge in [-0.15, -0.1) is 0 Å². The summed E-state index contributed by atoms with van der Waals surface area (Å²) < 4.78 is 13.5. The molecule has 0 aliphatic carbocycles. The molecule has 4 nitrogen and oxygen atoms in total. The van der Waals surface area contributed by atoms with Crippen LogP contribution >= 0.6 is 0 Å². The summed E-state index contributed by atoms with van der Waals surface area (Å²) in [5.74, 6) is -0.198. The molecule has 0 fully saturated rings. The minimum Gasteiger partial charge on any atom is -0.390 e. The Hall–Kier alpha value is -1.43. The van der Waals surface area contributed by atoms with Crippen molar-refractivity contribution in [3.8, 4) is 0 Å². The second-order valence-corrected chi connectivity index (χ2v) is 6.27. The molecule has 1 atom stereocenters. The van der Waals surface area contributed by atoms with Crippen molar-refractivity contribution in [2.45, 2.75) is 26.0 Å². The third kappa shape index (κ3) is 3.16. The van der Waals surface area contributed by atoms with Crippen LogP contribution in [0.3, 0.4) is 0 Å². The van der Waals surface area contributed by atoms with Crippen LogP contribution in [0.2, 0.25) is 0 Å². The molecule has 0 unspecified atom stereocenters. The highest BCUT2D eigenvalue weighted by atomic mass is 19.1. The van der Waals surface area contributed by atoms with Crippen molar-refractivity contribution in [1.82, 2.24) is 14.8 Å². The van der Waals surface area contributed by atoms with E-state index in [-0.39, 0.29) is 11.9 Å². The zero-order valence-corrected chi connectivity index (χ0v) is 13.3. The maximum atomic E-state index is 13.5. The number of H-pyrrole nitrogens is 1. The Morgan fingerprint density at radius 2 is 2.27 bits per heavy atom. The van der Waals surface area contributed by atoms with Crippen molar-refractivity contribution >= 4 is 10.9 Å². The lowest BCUT2D eigenvalue weighted by molar-refractivity contribution is 0.0783. The van der Waals surface area contributed by atoms with Gasteiger partial charge in [0.1, 0.15) is 5.82 Å². The predicted octanol–water partition coefficient (Wildman–Crippen LogP) is 1.98. The summed E-state index contributed by atoms with van der Waals surface area (Å²) in [6.07, 6.45) is 0.565. The van der Waals surface area contributed by atoms with Crippen LogP contribution in [0.4, 0.5) is 4.39 Å². The van der Waals surface area contributed by atoms with E-state index < -0.39 is 0 Å². The Morgan fingerprint density at radius 3 is 3.05 bits per heavy atom. The fourth-order valence-corrected chi connectivity index (χ4v) is 3.24. The first-order chi connectivity index (χ1) is 10.6. The smallest absolute Gasteiger partial charge is 0.123 e. The molecule has 0 spiro atoms. The average molecular weight is 305 g/mol. The molecule has 120 valence electrons. The van der Waals surface area contributed by atoms with Gasteiger partial charge in [-0.2, -0.15) is 0 Å². The van der Waals surface area contributed by atoms with Crippen LogP contribution in [0.1, 0.15) is 18.2 Å². The van der Waals surface area contributed by atoms with Gasteiger partial charge in [-0.1, -0.05) is 6.92 Å². The molecule has 1 aromatic carbocycles. The van der Waals surface area contributed by atoms with Gasteiger partial charge in [0, 0.05) is 49.2 Å². The highest BCUT2D eigenvalue weighted by molar-refractivity contribution is 5.84. The van der Waals surface area contributed by atoms with Gasteiger partial charge in [0.25, 0.3) is 0 Å². The number of likely N-dealkylation sites (N-methyl/N-ethyl adjacent to an activating group) is 1. The standard InChI is InChI=1S/C17H24FN3O/c1-3-20(2)9-13(22)10-21-7-6-17-15(11-21)14-8-12(18)4-5-16(14)19-17/h4-5,8,13,19,22H,3,6-7,9-11H2,1-2H3/t13-/m1/s1. The van der Waals surface area contributed by atoms with Crippen molar-refractivity contribution in [3.05, 3.63) is 35.3 Å². The lowest BCUT2D eigenvalue weighted by atomic mass is 10.0. The molecule has 0 radical (unpaired) electrons. The van der Waals surface area contributed by atoms with E-state index in [1.54, 1.807) is 12.1 Å². The van der Waals surface area contributed by atoms with E-state index >= 15 is 0 Å². The Balaban J connectivity index is 1.73. The largest absolute Gasteiger partial charge is 0.390 e. The Bertz CT molecular complexity index is 655. The molecule has 2 aromatic rings. The van der Waals surface area contributed by atoms with E-state index in [1.807, 2.05) is 7.05 Å². The van der Waals surface area contributed by atoms with Crippen LogP contribution in [-0.4, -0.2) is 59.2 Å². The first kappa shape index (κ1) is 15.5. The van der Waals surface area contributed by atoms with Crippen LogP contribution in [0.5, 0.6) is 0 Å². The third-order valence-electron chi connectivity index (χ3n) is 4.55. The SMILES string of the molecule is CCN(C)C[C@@H](O)CN1CCc2[nH]c3ccc(F)cc3c2C1. The number of halogens is 1. The van der Waals surface area contributed by atoms with Gasteiger partial charge in [0.15, 0.2) is 0 Å². The van der Waals surface area contributed by atoms with Gasteiger partial charge < -0.3 is 15.0 Å². The molecule has 0 amide bonds. The predicted molar refractivity (Wildman–Crippen MR) is 86.4 cm³/mol. The molecule has 1 aliphatic heterocycles. The molecule has 2 N–H and O–H groups in total. The van der Waals surface area contributed by atoms with Crippen LogP contribution in [-0.2, 0) is 13.0 Å². The Kier molecular flexibility index (Phi) is 4.47. The van der Waals surface area contributed by atoms with Crippen molar-refractivity contribution in [1.29, 1.82) is 0 Å². The number of benzene rings is 1. The molecule has 0 bridgehead atoms. The second kappa shape index (κ2) is 6.36. The number of aliphatic hydroxyl groups is 1. The average Bonchev–Trinajstić information content (AvgIpc) is 2.84. The third-order valence-corrected chi connectivity index (χ3v) is 4.55. The molecule has 1 aliphatic rings. The molecule has 3 rings (SSSR count). The molecule has 0 saturated carbocycles. The van der Waals surface area contributed by atoms with Crippen LogP contribution in [0.25, 0.3) is 10.9 Å². The van der Waals surface area contributed by atoms with Gasteiger partial charge in [0.05, 0.1) is 6.10 Å². The number of fused-ring (bicyclic) bond motifs is 3. The Morgan fingerprint density at radius 1 is 1.45 bits per heavy atom. The zero-order valence-electron chi connectivity index (χ0n) is 13.3. The topological polar surface area (TPSA) is 42.5 Å². The van der Waals surface area contributed by atoms with Crippen LogP contribution in [0, 0.1) is 5.82 Å². The van der Waals surface area contributed by atoms with E-state index in [9.17, 15) is 9.50 Å². The first-order valence-electron chi connectivity index (χ1n) is 7.94. The first-order valence-corrected chi connectivity index (χ1v) is 7.94. The summed E-state index contributed by atoms with van der Waals surface area (Å²) >= 11 is 0. The van der Waals surface area contributed by atoms with E-state index in [4.69, 9.17) is 0 Å². The number of aromatic amines is 1. The monoisotopic (exact) mass is 305 g/mol. The maximum absolute atomic E-state index is 13.5. The van der Waals surface area contributed by atoms with E-state index in [1.165, 1.54) is 17.3 Å². The van der Waals surface area contributed by atoms with Gasteiger partial charge in [-0.3, -0.25) is 4.90 Å². The van der Waals surface area contributed by atoms with Crippen LogP contribution in [0.15, 0.2) is 18.2 Å². The highest BCUT2D eigenvalue weighted by Gasteiger charge is 2.22. The van der Waals surface area contributed by atoms with Crippen molar-refractivity contribution < 1.29 is 9.50 Å². The fourth-order valence-electron chi connectivity index (χ4n) is 3.24. The maximum Gasteiger partial charge on any atom is 0.123 e. The highest BCUT2D eigenvalue weighted by Crippen LogP contribution is 2.28. The number of β-amino-alcohol motifs (C(OH)–C–C–N with tert-alkyl or cyclic N) is 1. The summed E-state index contributed by atoms with van der Waals surface area (Å²) in [5.41, 5.74) is 3.38. The number of aromatic nitrogens is 1.